The Balaban J connectivity index is 2.18. The minimum absolute atomic E-state index is 0.211. The Hall–Kier alpha value is -3.56. The number of ether oxygens (including phenoxy) is 4. The molecule has 204 valence electrons. The van der Waals surface area contributed by atoms with Gasteiger partial charge in [-0.3, -0.25) is 4.72 Å². The van der Waals surface area contributed by atoms with Crippen molar-refractivity contribution in [2.24, 2.45) is 0 Å². The molecule has 0 fully saturated rings. The van der Waals surface area contributed by atoms with Crippen LogP contribution < -0.4 is 18.9 Å². The van der Waals surface area contributed by atoms with Gasteiger partial charge in [-0.25, -0.2) is 8.42 Å². The Labute approximate surface area is 225 Å². The topological polar surface area (TPSA) is 96.0 Å². The molecule has 8 nitrogen and oxygen atoms in total. The molecule has 1 heterocycles. The summed E-state index contributed by atoms with van der Waals surface area (Å²) < 4.78 is 48.0. The van der Waals surface area contributed by atoms with Crippen molar-refractivity contribution < 1.29 is 27.4 Å². The Bertz CT molecular complexity index is 1430. The minimum atomic E-state index is -3.39. The summed E-state index contributed by atoms with van der Waals surface area (Å²) in [4.78, 5) is 4.45. The third-order valence-corrected chi connectivity index (χ3v) is 6.47. The number of aromatic nitrogens is 1. The number of rotatable bonds is 10. The molecular formula is C29H36N2O6S. The molecule has 0 aliphatic heterocycles. The van der Waals surface area contributed by atoms with Crippen molar-refractivity contribution in [1.82, 2.24) is 4.98 Å². The summed E-state index contributed by atoms with van der Waals surface area (Å²) in [6, 6.07) is 13.2. The van der Waals surface area contributed by atoms with Gasteiger partial charge in [0.1, 0.15) is 5.75 Å². The Kier molecular flexibility index (Phi) is 9.06. The molecule has 0 saturated carbocycles. The smallest absolute Gasteiger partial charge is 0.229 e. The number of nitrogens with zero attached hydrogens (tertiary/aromatic N) is 1. The second-order valence-corrected chi connectivity index (χ2v) is 11.6. The van der Waals surface area contributed by atoms with Crippen molar-refractivity contribution in [3.63, 3.8) is 0 Å². The van der Waals surface area contributed by atoms with Crippen LogP contribution in [-0.2, 0) is 26.8 Å². The molecule has 0 saturated heterocycles. The number of benzene rings is 2. The summed E-state index contributed by atoms with van der Waals surface area (Å²) in [7, 11) is 3.02. The van der Waals surface area contributed by atoms with Gasteiger partial charge in [0, 0.05) is 35.6 Å². The molecule has 0 aliphatic rings. The van der Waals surface area contributed by atoms with Gasteiger partial charge in [-0.05, 0) is 52.4 Å². The van der Waals surface area contributed by atoms with Crippen LogP contribution >= 0.6 is 0 Å². The monoisotopic (exact) mass is 540 g/mol. The number of anilines is 1. The molecule has 0 atom stereocenters. The molecule has 3 aromatic rings. The van der Waals surface area contributed by atoms with E-state index in [0.717, 1.165) is 45.4 Å². The number of sulfonamides is 1. The van der Waals surface area contributed by atoms with Gasteiger partial charge >= 0.3 is 0 Å². The lowest BCUT2D eigenvalue weighted by Crippen LogP contribution is -2.14. The molecule has 0 aliphatic carbocycles. The van der Waals surface area contributed by atoms with Gasteiger partial charge in [0.15, 0.2) is 0 Å². The highest BCUT2D eigenvalue weighted by Gasteiger charge is 2.23. The van der Waals surface area contributed by atoms with E-state index in [2.05, 4.69) is 36.5 Å². The van der Waals surface area contributed by atoms with Gasteiger partial charge in [-0.15, -0.1) is 0 Å². The predicted molar refractivity (Wildman–Crippen MR) is 153 cm³/mol. The summed E-state index contributed by atoms with van der Waals surface area (Å²) >= 11 is 0. The zero-order chi connectivity index (χ0) is 28.1. The standard InChI is InChI=1S/C29H36N2O6S/c1-29(2,3)25-17-21(24-13-14-26(35-5)30-28(24)37-7)15-20(27(25)36-6)10-9-19-11-12-23(31-38(8,32)33)16-22(19)18-34-4/h9-17,31H,18H2,1-8H3/b10-9+. The number of hydrogen-bond acceptors (Lipinski definition) is 7. The second-order valence-electron chi connectivity index (χ2n) is 9.86. The largest absolute Gasteiger partial charge is 0.496 e. The van der Waals surface area contributed by atoms with Crippen LogP contribution in [0.1, 0.15) is 43.0 Å². The zero-order valence-electron chi connectivity index (χ0n) is 23.2. The van der Waals surface area contributed by atoms with Crippen LogP contribution in [0.4, 0.5) is 5.69 Å². The van der Waals surface area contributed by atoms with Crippen LogP contribution in [-0.4, -0.2) is 48.1 Å². The highest BCUT2D eigenvalue weighted by molar-refractivity contribution is 7.92. The molecule has 0 amide bonds. The molecule has 1 aromatic heterocycles. The van der Waals surface area contributed by atoms with E-state index in [1.54, 1.807) is 46.6 Å². The third-order valence-electron chi connectivity index (χ3n) is 5.87. The van der Waals surface area contributed by atoms with Crippen LogP contribution in [0.15, 0.2) is 42.5 Å². The van der Waals surface area contributed by atoms with Crippen molar-refractivity contribution in [2.45, 2.75) is 32.8 Å². The predicted octanol–water partition coefficient (Wildman–Crippen LogP) is 5.76. The molecule has 38 heavy (non-hydrogen) atoms. The molecule has 0 unspecified atom stereocenters. The van der Waals surface area contributed by atoms with Crippen LogP contribution in [0, 0.1) is 0 Å². The zero-order valence-corrected chi connectivity index (χ0v) is 24.0. The van der Waals surface area contributed by atoms with Crippen LogP contribution in [0.25, 0.3) is 23.3 Å². The summed E-state index contributed by atoms with van der Waals surface area (Å²) in [5.74, 6) is 1.69. The molecule has 2 aromatic carbocycles. The maximum Gasteiger partial charge on any atom is 0.229 e. The SMILES string of the molecule is COCc1cc(NS(C)(=O)=O)ccc1/C=C/c1cc(-c2ccc(OC)nc2OC)cc(C(C)(C)C)c1OC. The minimum Gasteiger partial charge on any atom is -0.496 e. The van der Waals surface area contributed by atoms with E-state index >= 15 is 0 Å². The number of nitrogens with one attached hydrogen (secondary N) is 1. The first-order valence-corrected chi connectivity index (χ1v) is 13.9. The van der Waals surface area contributed by atoms with Gasteiger partial charge in [-0.2, -0.15) is 4.98 Å². The first-order chi connectivity index (χ1) is 17.9. The van der Waals surface area contributed by atoms with E-state index in [1.165, 1.54) is 0 Å². The Morgan fingerprint density at radius 3 is 2.18 bits per heavy atom. The molecule has 0 spiro atoms. The third kappa shape index (κ3) is 7.05. The summed E-state index contributed by atoms with van der Waals surface area (Å²) in [6.07, 6.45) is 5.07. The van der Waals surface area contributed by atoms with E-state index in [9.17, 15) is 8.42 Å². The highest BCUT2D eigenvalue weighted by atomic mass is 32.2. The maximum atomic E-state index is 11.7. The molecule has 0 radical (unpaired) electrons. The van der Waals surface area contributed by atoms with Crippen molar-refractivity contribution >= 4 is 27.9 Å². The lowest BCUT2D eigenvalue weighted by Gasteiger charge is -2.25. The fourth-order valence-corrected chi connectivity index (χ4v) is 4.69. The van der Waals surface area contributed by atoms with Crippen LogP contribution in [0.3, 0.4) is 0 Å². The molecule has 9 heteroatoms. The van der Waals surface area contributed by atoms with Gasteiger partial charge in [0.05, 0.1) is 34.2 Å². The first-order valence-electron chi connectivity index (χ1n) is 12.0. The molecule has 3 rings (SSSR count). The fourth-order valence-electron chi connectivity index (χ4n) is 4.13. The second kappa shape index (κ2) is 11.9. The van der Waals surface area contributed by atoms with Crippen molar-refractivity contribution in [1.29, 1.82) is 0 Å². The molecule has 0 bridgehead atoms. The Morgan fingerprint density at radius 2 is 1.61 bits per heavy atom. The lowest BCUT2D eigenvalue weighted by atomic mass is 9.83. The van der Waals surface area contributed by atoms with Crippen molar-refractivity contribution in [3.05, 3.63) is 64.7 Å². The van der Waals surface area contributed by atoms with E-state index < -0.39 is 10.0 Å². The van der Waals surface area contributed by atoms with Gasteiger partial charge in [0.25, 0.3) is 0 Å². The van der Waals surface area contributed by atoms with E-state index in [0.29, 0.717) is 24.1 Å². The van der Waals surface area contributed by atoms with E-state index in [1.807, 2.05) is 30.4 Å². The van der Waals surface area contributed by atoms with Crippen LogP contribution in [0.5, 0.6) is 17.5 Å². The van der Waals surface area contributed by atoms with Gasteiger partial charge in [-0.1, -0.05) is 39.0 Å². The van der Waals surface area contributed by atoms with Gasteiger partial charge in [0.2, 0.25) is 21.8 Å². The van der Waals surface area contributed by atoms with Gasteiger partial charge < -0.3 is 18.9 Å². The maximum absolute atomic E-state index is 11.7. The van der Waals surface area contributed by atoms with Crippen molar-refractivity contribution in [2.75, 3.05) is 39.4 Å². The number of methoxy groups -OCH3 is 4. The fraction of sp³-hybridized carbons (Fsp3) is 0.345. The summed E-state index contributed by atoms with van der Waals surface area (Å²) in [5.41, 5.74) is 5.64. The highest BCUT2D eigenvalue weighted by Crippen LogP contribution is 2.41. The summed E-state index contributed by atoms with van der Waals surface area (Å²) in [5, 5.41) is 0. The normalized spacial score (nSPS) is 12.0. The molecule has 1 N–H and O–H groups in total. The quantitative estimate of drug-likeness (QED) is 0.327. The van der Waals surface area contributed by atoms with E-state index in [4.69, 9.17) is 18.9 Å². The summed E-state index contributed by atoms with van der Waals surface area (Å²) in [6.45, 7) is 6.72. The Morgan fingerprint density at radius 1 is 0.895 bits per heavy atom. The van der Waals surface area contributed by atoms with Crippen molar-refractivity contribution in [3.8, 4) is 28.6 Å². The number of hydrogen-bond donors (Lipinski definition) is 1. The van der Waals surface area contributed by atoms with Crippen LogP contribution in [0.2, 0.25) is 0 Å². The lowest BCUT2D eigenvalue weighted by molar-refractivity contribution is 0.185. The van der Waals surface area contributed by atoms with E-state index in [-0.39, 0.29) is 5.41 Å². The number of pyridine rings is 1. The average Bonchev–Trinajstić information content (AvgIpc) is 2.86. The molecular weight excluding hydrogens is 504 g/mol. The first kappa shape index (κ1) is 29.0. The average molecular weight is 541 g/mol.